The topological polar surface area (TPSA) is 0 Å². The maximum Gasteiger partial charge on any atom is -0.0146 e. The second-order valence-corrected chi connectivity index (χ2v) is 6.59. The van der Waals surface area contributed by atoms with Gasteiger partial charge in [0.25, 0.3) is 0 Å². The molecule has 0 spiro atoms. The van der Waals surface area contributed by atoms with Crippen molar-refractivity contribution >= 4 is 43.1 Å². The van der Waals surface area contributed by atoms with E-state index in [0.717, 1.165) is 6.42 Å². The van der Waals surface area contributed by atoms with Crippen LogP contribution in [-0.2, 0) is 6.42 Å². The average Bonchev–Trinajstić information content (AvgIpc) is 2.62. The van der Waals surface area contributed by atoms with Crippen molar-refractivity contribution in [3.8, 4) is 0 Å². The summed E-state index contributed by atoms with van der Waals surface area (Å²) in [5.41, 5.74) is 1.42. The van der Waals surface area contributed by atoms with Crippen molar-refractivity contribution < 1.29 is 0 Å². The largest absolute Gasteiger partial charge is 0.0616 e. The van der Waals surface area contributed by atoms with Crippen molar-refractivity contribution in [1.29, 1.82) is 0 Å². The van der Waals surface area contributed by atoms with Crippen LogP contribution in [0.4, 0.5) is 0 Å². The molecule has 0 bridgehead atoms. The Morgan fingerprint density at radius 1 is 0.500 bits per heavy atom. The minimum Gasteiger partial charge on any atom is -0.0616 e. The van der Waals surface area contributed by atoms with Crippen molar-refractivity contribution in [2.45, 2.75) is 13.3 Å². The molecule has 0 fully saturated rings. The number of rotatable bonds is 1. The van der Waals surface area contributed by atoms with E-state index in [2.05, 4.69) is 85.8 Å². The van der Waals surface area contributed by atoms with E-state index in [1.165, 1.54) is 48.7 Å². The molecule has 0 amide bonds. The number of fused-ring (bicyclic) bond motifs is 4. The Morgan fingerprint density at radius 3 is 1.62 bits per heavy atom. The van der Waals surface area contributed by atoms with E-state index < -0.39 is 0 Å². The van der Waals surface area contributed by atoms with Crippen molar-refractivity contribution in [3.63, 3.8) is 0 Å². The number of hydrogen-bond donors (Lipinski definition) is 0. The Kier molecular flexibility index (Phi) is 2.87. The number of aryl methyl sites for hydroxylation is 1. The Morgan fingerprint density at radius 2 is 1.00 bits per heavy atom. The van der Waals surface area contributed by atoms with Crippen LogP contribution in [0.1, 0.15) is 12.5 Å². The highest BCUT2D eigenvalue weighted by Gasteiger charge is 2.05. The first kappa shape index (κ1) is 13.6. The van der Waals surface area contributed by atoms with Gasteiger partial charge in [0.15, 0.2) is 0 Å². The molecule has 0 aromatic heterocycles. The number of benzene rings is 5. The maximum atomic E-state index is 2.36. The van der Waals surface area contributed by atoms with Gasteiger partial charge in [-0.05, 0) is 91.5 Å². The van der Waals surface area contributed by atoms with Gasteiger partial charge in [0.05, 0.1) is 0 Å². The third-order valence-electron chi connectivity index (χ3n) is 5.13. The van der Waals surface area contributed by atoms with E-state index in [4.69, 9.17) is 0 Å². The van der Waals surface area contributed by atoms with Crippen LogP contribution in [0.2, 0.25) is 0 Å². The van der Waals surface area contributed by atoms with Gasteiger partial charge in [-0.15, -0.1) is 0 Å². The minimum atomic E-state index is 1.07. The molecule has 114 valence electrons. The van der Waals surface area contributed by atoms with Gasteiger partial charge in [-0.25, -0.2) is 0 Å². The zero-order chi connectivity index (χ0) is 16.1. The molecule has 5 aromatic carbocycles. The summed E-state index contributed by atoms with van der Waals surface area (Å²) in [4.78, 5) is 0. The normalized spacial score (nSPS) is 11.7. The molecule has 24 heavy (non-hydrogen) atoms. The average molecular weight is 306 g/mol. The first-order valence-corrected chi connectivity index (χ1v) is 8.60. The fourth-order valence-corrected chi connectivity index (χ4v) is 3.84. The quantitative estimate of drug-likeness (QED) is 0.297. The number of hydrogen-bond acceptors (Lipinski definition) is 0. The van der Waals surface area contributed by atoms with Crippen LogP contribution in [0.3, 0.4) is 0 Å². The minimum absolute atomic E-state index is 1.07. The molecule has 0 aliphatic rings. The highest BCUT2D eigenvalue weighted by Crippen LogP contribution is 2.31. The molecule has 0 saturated carbocycles. The molecule has 0 aliphatic heterocycles. The third-order valence-corrected chi connectivity index (χ3v) is 5.13. The Labute approximate surface area is 141 Å². The van der Waals surface area contributed by atoms with Gasteiger partial charge in [-0.2, -0.15) is 0 Å². The monoisotopic (exact) mass is 306 g/mol. The lowest BCUT2D eigenvalue weighted by Crippen LogP contribution is -1.85. The van der Waals surface area contributed by atoms with Crippen LogP contribution in [0, 0.1) is 0 Å². The van der Waals surface area contributed by atoms with Crippen molar-refractivity contribution in [3.05, 3.63) is 84.4 Å². The molecule has 5 aromatic rings. The lowest BCUT2D eigenvalue weighted by molar-refractivity contribution is 1.16. The van der Waals surface area contributed by atoms with Crippen LogP contribution in [0.15, 0.2) is 78.9 Å². The van der Waals surface area contributed by atoms with Gasteiger partial charge in [-0.3, -0.25) is 0 Å². The zero-order valence-electron chi connectivity index (χ0n) is 13.7. The van der Waals surface area contributed by atoms with Gasteiger partial charge in [0.1, 0.15) is 0 Å². The molecule has 0 saturated heterocycles. The van der Waals surface area contributed by atoms with E-state index in [1.54, 1.807) is 0 Å². The molecule has 5 rings (SSSR count). The molecule has 0 nitrogen and oxygen atoms in total. The molecular formula is C24H18. The molecule has 0 heterocycles. The smallest absolute Gasteiger partial charge is 0.0146 e. The van der Waals surface area contributed by atoms with Gasteiger partial charge >= 0.3 is 0 Å². The Bertz CT molecular complexity index is 1230. The van der Waals surface area contributed by atoms with Gasteiger partial charge in [0.2, 0.25) is 0 Å². The highest BCUT2D eigenvalue weighted by atomic mass is 14.1. The maximum absolute atomic E-state index is 2.36. The second-order valence-electron chi connectivity index (χ2n) is 6.59. The fraction of sp³-hybridized carbons (Fsp3) is 0.0833. The Hall–Kier alpha value is -2.86. The van der Waals surface area contributed by atoms with E-state index in [0.29, 0.717) is 0 Å². The molecule has 0 aliphatic carbocycles. The fourth-order valence-electron chi connectivity index (χ4n) is 3.84. The standard InChI is InChI=1S/C24H18/c1-2-16-8-5-9-19-12-22-13-20-10-17-6-3-4-7-18(17)11-21(20)14-23(22)15-24(16)19/h3-15H,2H2,1H3. The van der Waals surface area contributed by atoms with Crippen LogP contribution in [0.25, 0.3) is 43.1 Å². The summed E-state index contributed by atoms with van der Waals surface area (Å²) >= 11 is 0. The van der Waals surface area contributed by atoms with Gasteiger partial charge in [0, 0.05) is 0 Å². The zero-order valence-corrected chi connectivity index (χ0v) is 13.7. The summed E-state index contributed by atoms with van der Waals surface area (Å²) < 4.78 is 0. The predicted molar refractivity (Wildman–Crippen MR) is 106 cm³/mol. The third kappa shape index (κ3) is 2.00. The molecule has 0 atom stereocenters. The predicted octanol–water partition coefficient (Wildman–Crippen LogP) is 6.86. The van der Waals surface area contributed by atoms with Gasteiger partial charge < -0.3 is 0 Å². The Balaban J connectivity index is 1.90. The summed E-state index contributed by atoms with van der Waals surface area (Å²) in [6, 6.07) is 29.2. The second kappa shape index (κ2) is 5.07. The van der Waals surface area contributed by atoms with Crippen LogP contribution >= 0.6 is 0 Å². The summed E-state index contributed by atoms with van der Waals surface area (Å²) in [6.45, 7) is 2.23. The summed E-state index contributed by atoms with van der Waals surface area (Å²) in [7, 11) is 0. The molecule has 0 unspecified atom stereocenters. The van der Waals surface area contributed by atoms with Crippen LogP contribution in [0.5, 0.6) is 0 Å². The van der Waals surface area contributed by atoms with E-state index in [9.17, 15) is 0 Å². The summed E-state index contributed by atoms with van der Waals surface area (Å²) in [5, 5.41) is 10.6. The van der Waals surface area contributed by atoms with E-state index >= 15 is 0 Å². The van der Waals surface area contributed by atoms with Crippen molar-refractivity contribution in [2.75, 3.05) is 0 Å². The van der Waals surface area contributed by atoms with Crippen LogP contribution < -0.4 is 0 Å². The summed E-state index contributed by atoms with van der Waals surface area (Å²) in [6.07, 6.45) is 1.07. The first-order valence-electron chi connectivity index (χ1n) is 8.60. The van der Waals surface area contributed by atoms with Gasteiger partial charge in [-0.1, -0.05) is 49.4 Å². The SMILES string of the molecule is CCc1cccc2cc3cc4cc5ccccc5cc4cc3cc12. The van der Waals surface area contributed by atoms with Crippen LogP contribution in [-0.4, -0.2) is 0 Å². The molecule has 0 radical (unpaired) electrons. The van der Waals surface area contributed by atoms with Crippen molar-refractivity contribution in [2.24, 2.45) is 0 Å². The van der Waals surface area contributed by atoms with E-state index in [-0.39, 0.29) is 0 Å². The summed E-state index contributed by atoms with van der Waals surface area (Å²) in [5.74, 6) is 0. The highest BCUT2D eigenvalue weighted by molar-refractivity contribution is 6.08. The molecular weight excluding hydrogens is 288 g/mol. The molecule has 0 heteroatoms. The van der Waals surface area contributed by atoms with E-state index in [1.807, 2.05) is 0 Å². The lowest BCUT2D eigenvalue weighted by atomic mass is 9.95. The van der Waals surface area contributed by atoms with Crippen molar-refractivity contribution in [1.82, 2.24) is 0 Å². The first-order chi connectivity index (χ1) is 11.8. The lowest BCUT2D eigenvalue weighted by Gasteiger charge is -2.09. The molecule has 0 N–H and O–H groups in total.